The van der Waals surface area contributed by atoms with Gasteiger partial charge in [-0.2, -0.15) is 0 Å². The zero-order valence-corrected chi connectivity index (χ0v) is 18.5. The van der Waals surface area contributed by atoms with Crippen molar-refractivity contribution in [3.05, 3.63) is 58.9 Å². The number of rotatable bonds is 3. The second kappa shape index (κ2) is 10.00. The van der Waals surface area contributed by atoms with E-state index in [1.54, 1.807) is 23.9 Å². The Bertz CT molecular complexity index is 897. The van der Waals surface area contributed by atoms with Crippen LogP contribution < -0.4 is 11.1 Å². The Hall–Kier alpha value is -1.51. The summed E-state index contributed by atoms with van der Waals surface area (Å²) in [5.74, 6) is 0.847. The Morgan fingerprint density at radius 1 is 1.31 bits per heavy atom. The maximum Gasteiger partial charge on any atom is 0.274 e. The maximum atomic E-state index is 12.5. The molecule has 4 rings (SSSR count). The lowest BCUT2D eigenvalue weighted by atomic mass is 9.75. The van der Waals surface area contributed by atoms with E-state index in [0.29, 0.717) is 34.8 Å². The molecule has 2 aliphatic heterocycles. The third-order valence-corrected chi connectivity index (χ3v) is 6.12. The summed E-state index contributed by atoms with van der Waals surface area (Å²) < 4.78 is 5.67. The normalized spacial score (nSPS) is 22.9. The SMILES string of the molecule is Cl.Cl.NC1=N[C@@]2(c3cccc(NC(=O)c4ccc(Cl)cn4)c3)CCOCC2CS1. The van der Waals surface area contributed by atoms with E-state index in [-0.39, 0.29) is 36.6 Å². The topological polar surface area (TPSA) is 89.6 Å². The number of hydrogen-bond donors (Lipinski definition) is 2. The van der Waals surface area contributed by atoms with E-state index in [1.165, 1.54) is 6.20 Å². The minimum absolute atomic E-state index is 0. The number of pyridine rings is 1. The molecular weight excluding hydrogens is 455 g/mol. The zero-order valence-electron chi connectivity index (χ0n) is 15.3. The number of benzene rings is 1. The molecule has 156 valence electrons. The quantitative estimate of drug-likeness (QED) is 0.697. The number of nitrogens with zero attached hydrogens (tertiary/aromatic N) is 2. The maximum absolute atomic E-state index is 12.5. The molecule has 1 aromatic heterocycles. The van der Waals surface area contributed by atoms with Crippen molar-refractivity contribution in [2.24, 2.45) is 16.6 Å². The van der Waals surface area contributed by atoms with Crippen LogP contribution in [0.15, 0.2) is 47.6 Å². The Morgan fingerprint density at radius 3 is 2.90 bits per heavy atom. The second-order valence-corrected chi connectivity index (χ2v) is 8.08. The summed E-state index contributed by atoms with van der Waals surface area (Å²) in [6.45, 7) is 1.30. The first-order chi connectivity index (χ1) is 13.1. The molecule has 0 spiro atoms. The molecule has 1 unspecified atom stereocenters. The molecule has 6 nitrogen and oxygen atoms in total. The van der Waals surface area contributed by atoms with Gasteiger partial charge in [-0.1, -0.05) is 35.5 Å². The lowest BCUT2D eigenvalue weighted by Gasteiger charge is -2.44. The van der Waals surface area contributed by atoms with Crippen LogP contribution >= 0.6 is 48.2 Å². The van der Waals surface area contributed by atoms with Gasteiger partial charge < -0.3 is 15.8 Å². The molecule has 2 aliphatic rings. The fourth-order valence-corrected chi connectivity index (χ4v) is 4.64. The first-order valence-corrected chi connectivity index (χ1v) is 10.0. The largest absolute Gasteiger partial charge is 0.381 e. The molecule has 2 aromatic rings. The van der Waals surface area contributed by atoms with Crippen LogP contribution in [0.25, 0.3) is 0 Å². The van der Waals surface area contributed by atoms with Crippen LogP contribution in [0.2, 0.25) is 5.02 Å². The minimum atomic E-state index is -0.396. The van der Waals surface area contributed by atoms with Crippen LogP contribution in [-0.2, 0) is 10.3 Å². The number of hydrogen-bond acceptors (Lipinski definition) is 6. The number of halogens is 3. The molecule has 2 atom stereocenters. The van der Waals surface area contributed by atoms with Crippen molar-refractivity contribution in [2.45, 2.75) is 12.0 Å². The predicted molar refractivity (Wildman–Crippen MR) is 123 cm³/mol. The number of amides is 1. The van der Waals surface area contributed by atoms with E-state index in [2.05, 4.69) is 10.3 Å². The number of aliphatic imine (C=N–C) groups is 1. The number of amidine groups is 1. The summed E-state index contributed by atoms with van der Waals surface area (Å²) in [5.41, 5.74) is 7.70. The molecule has 3 heterocycles. The highest BCUT2D eigenvalue weighted by molar-refractivity contribution is 8.13. The van der Waals surface area contributed by atoms with Crippen molar-refractivity contribution in [3.63, 3.8) is 0 Å². The molecule has 3 N–H and O–H groups in total. The van der Waals surface area contributed by atoms with Crippen molar-refractivity contribution >= 4 is 64.9 Å². The van der Waals surface area contributed by atoms with Gasteiger partial charge in [0, 0.05) is 36.6 Å². The van der Waals surface area contributed by atoms with Gasteiger partial charge in [0.25, 0.3) is 5.91 Å². The Kier molecular flexibility index (Phi) is 8.19. The van der Waals surface area contributed by atoms with Crippen molar-refractivity contribution in [3.8, 4) is 0 Å². The summed E-state index contributed by atoms with van der Waals surface area (Å²) in [4.78, 5) is 21.3. The third-order valence-electron chi connectivity index (χ3n) is 4.94. The van der Waals surface area contributed by atoms with Crippen LogP contribution in [-0.4, -0.2) is 35.0 Å². The predicted octanol–water partition coefficient (Wildman–Crippen LogP) is 4.12. The van der Waals surface area contributed by atoms with Crippen LogP contribution in [0.3, 0.4) is 0 Å². The highest BCUT2D eigenvalue weighted by Gasteiger charge is 2.45. The number of carbonyl (C=O) groups is 1. The van der Waals surface area contributed by atoms with E-state index in [1.807, 2.05) is 24.3 Å². The number of nitrogens with two attached hydrogens (primary N) is 1. The van der Waals surface area contributed by atoms with E-state index in [9.17, 15) is 4.79 Å². The van der Waals surface area contributed by atoms with E-state index in [4.69, 9.17) is 27.1 Å². The van der Waals surface area contributed by atoms with Gasteiger partial charge in [0.2, 0.25) is 0 Å². The van der Waals surface area contributed by atoms with Gasteiger partial charge in [-0.3, -0.25) is 9.79 Å². The van der Waals surface area contributed by atoms with Gasteiger partial charge in [0.1, 0.15) is 5.69 Å². The van der Waals surface area contributed by atoms with Gasteiger partial charge in [-0.25, -0.2) is 4.98 Å². The lowest BCUT2D eigenvalue weighted by Crippen LogP contribution is -2.46. The third kappa shape index (κ3) is 4.98. The summed E-state index contributed by atoms with van der Waals surface area (Å²) >= 11 is 7.40. The smallest absolute Gasteiger partial charge is 0.274 e. The molecule has 0 saturated carbocycles. The fraction of sp³-hybridized carbons (Fsp3) is 0.316. The van der Waals surface area contributed by atoms with Gasteiger partial charge in [-0.05, 0) is 29.8 Å². The Morgan fingerprint density at radius 2 is 2.14 bits per heavy atom. The van der Waals surface area contributed by atoms with Crippen LogP contribution in [0.5, 0.6) is 0 Å². The number of fused-ring (bicyclic) bond motifs is 1. The van der Waals surface area contributed by atoms with Gasteiger partial charge in [0.15, 0.2) is 5.17 Å². The first kappa shape index (κ1) is 23.8. The average molecular weight is 476 g/mol. The molecule has 29 heavy (non-hydrogen) atoms. The Labute approximate surface area is 190 Å². The number of aromatic nitrogens is 1. The monoisotopic (exact) mass is 474 g/mol. The van der Waals surface area contributed by atoms with E-state index >= 15 is 0 Å². The zero-order chi connectivity index (χ0) is 18.9. The number of thioether (sulfide) groups is 1. The van der Waals surface area contributed by atoms with Crippen LogP contribution in [0, 0.1) is 5.92 Å². The lowest BCUT2D eigenvalue weighted by molar-refractivity contribution is 0.0101. The van der Waals surface area contributed by atoms with Crippen molar-refractivity contribution in [1.82, 2.24) is 4.98 Å². The summed E-state index contributed by atoms with van der Waals surface area (Å²) in [6.07, 6.45) is 2.23. The number of anilines is 1. The van der Waals surface area contributed by atoms with Crippen molar-refractivity contribution in [2.75, 3.05) is 24.3 Å². The molecule has 0 radical (unpaired) electrons. The number of carbonyl (C=O) groups excluding carboxylic acids is 1. The van der Waals surface area contributed by atoms with Gasteiger partial charge >= 0.3 is 0 Å². The van der Waals surface area contributed by atoms with Gasteiger partial charge in [-0.15, -0.1) is 24.8 Å². The number of nitrogens with one attached hydrogen (secondary N) is 1. The van der Waals surface area contributed by atoms with Crippen LogP contribution in [0.1, 0.15) is 22.5 Å². The molecule has 0 aliphatic carbocycles. The molecular formula is C19H21Cl3N4O2S. The van der Waals surface area contributed by atoms with Gasteiger partial charge in [0.05, 0.1) is 17.2 Å². The number of ether oxygens (including phenoxy) is 1. The summed E-state index contributed by atoms with van der Waals surface area (Å²) in [5, 5.41) is 3.99. The molecule has 10 heteroatoms. The van der Waals surface area contributed by atoms with E-state index < -0.39 is 5.54 Å². The molecule has 1 amide bonds. The molecule has 1 saturated heterocycles. The molecule has 1 fully saturated rings. The highest BCUT2D eigenvalue weighted by Crippen LogP contribution is 2.45. The molecule has 0 bridgehead atoms. The average Bonchev–Trinajstić information content (AvgIpc) is 2.68. The molecule has 1 aromatic carbocycles. The summed E-state index contributed by atoms with van der Waals surface area (Å²) in [6, 6.07) is 11.0. The van der Waals surface area contributed by atoms with Crippen LogP contribution in [0.4, 0.5) is 5.69 Å². The fourth-order valence-electron chi connectivity index (χ4n) is 3.56. The van der Waals surface area contributed by atoms with Crippen molar-refractivity contribution in [1.29, 1.82) is 0 Å². The Balaban J connectivity index is 0.00000150. The second-order valence-electron chi connectivity index (χ2n) is 6.60. The van der Waals surface area contributed by atoms with E-state index in [0.717, 1.165) is 17.7 Å². The first-order valence-electron chi connectivity index (χ1n) is 8.66. The standard InChI is InChI=1S/C19H19ClN4O2S.2ClH/c20-14-4-5-16(22-9-14)17(25)23-15-3-1-2-12(8-15)19-6-7-26-10-13(19)11-27-18(21)24-19;;/h1-5,8-9,13H,6-7,10-11H2,(H2,21,24)(H,23,25);2*1H/t13?,19-;;/m1../s1. The highest BCUT2D eigenvalue weighted by atomic mass is 35.5. The van der Waals surface area contributed by atoms with Crippen molar-refractivity contribution < 1.29 is 9.53 Å². The summed E-state index contributed by atoms with van der Waals surface area (Å²) in [7, 11) is 0. The minimum Gasteiger partial charge on any atom is -0.381 e.